The van der Waals surface area contributed by atoms with Gasteiger partial charge in [0.05, 0.1) is 15.1 Å². The highest BCUT2D eigenvalue weighted by atomic mass is 79.9. The minimum Gasteiger partial charge on any atom is -0.339 e. The zero-order valence-electron chi connectivity index (χ0n) is 8.47. The number of carbonyl (C=O) groups is 1. The van der Waals surface area contributed by atoms with Crippen LogP contribution < -0.4 is 0 Å². The molecule has 1 fully saturated rings. The number of halogens is 3. The molecule has 0 saturated carbocycles. The van der Waals surface area contributed by atoms with Crippen LogP contribution in [0.3, 0.4) is 0 Å². The van der Waals surface area contributed by atoms with Crippen molar-refractivity contribution >= 4 is 33.4 Å². The number of nitrogens with zero attached hydrogens (tertiary/aromatic N) is 1. The Hall–Kier alpha value is -0.610. The molecule has 0 aliphatic carbocycles. The average Bonchev–Trinajstić information content (AvgIpc) is 2.77. The number of hydrogen-bond donors (Lipinski definition) is 0. The average molecular weight is 307 g/mol. The van der Waals surface area contributed by atoms with Crippen molar-refractivity contribution in [2.45, 2.75) is 12.8 Å². The van der Waals surface area contributed by atoms with E-state index < -0.39 is 5.82 Å². The van der Waals surface area contributed by atoms with Crippen molar-refractivity contribution in [1.29, 1.82) is 0 Å². The molecule has 1 aromatic rings. The molecule has 0 unspecified atom stereocenters. The summed E-state index contributed by atoms with van der Waals surface area (Å²) < 4.78 is 14.1. The van der Waals surface area contributed by atoms with Crippen LogP contribution in [0.25, 0.3) is 0 Å². The van der Waals surface area contributed by atoms with Gasteiger partial charge in [0.2, 0.25) is 0 Å². The number of likely N-dealkylation sites (tertiary alicyclic amines) is 1. The smallest absolute Gasteiger partial charge is 0.258 e. The molecule has 2 nitrogen and oxygen atoms in total. The lowest BCUT2D eigenvalue weighted by molar-refractivity contribution is 0.0788. The van der Waals surface area contributed by atoms with E-state index in [0.717, 1.165) is 12.8 Å². The highest BCUT2D eigenvalue weighted by molar-refractivity contribution is 9.10. The molecule has 1 heterocycles. The minimum atomic E-state index is -0.579. The zero-order chi connectivity index (χ0) is 11.7. The Morgan fingerprint density at radius 2 is 2.00 bits per heavy atom. The zero-order valence-corrected chi connectivity index (χ0v) is 10.8. The molecule has 1 aliphatic heterocycles. The summed E-state index contributed by atoms with van der Waals surface area (Å²) in [5.41, 5.74) is -0.0297. The van der Waals surface area contributed by atoms with E-state index >= 15 is 0 Å². The Morgan fingerprint density at radius 3 is 2.62 bits per heavy atom. The van der Waals surface area contributed by atoms with Crippen LogP contribution in [-0.2, 0) is 0 Å². The Kier molecular flexibility index (Phi) is 3.50. The maximum Gasteiger partial charge on any atom is 0.258 e. The number of hydrogen-bond acceptors (Lipinski definition) is 1. The molecular formula is C11H10BrClFNO. The van der Waals surface area contributed by atoms with Crippen LogP contribution in [0.5, 0.6) is 0 Å². The van der Waals surface area contributed by atoms with Gasteiger partial charge in [0.1, 0.15) is 0 Å². The first-order valence-electron chi connectivity index (χ1n) is 5.04. The molecule has 0 aromatic heterocycles. The fourth-order valence-corrected chi connectivity index (χ4v) is 2.36. The predicted octanol–water partition coefficient (Wildman–Crippen LogP) is 3.48. The molecule has 1 aromatic carbocycles. The van der Waals surface area contributed by atoms with Gasteiger partial charge in [-0.1, -0.05) is 11.6 Å². The Bertz CT molecular complexity index is 432. The normalized spacial score (nSPS) is 15.6. The van der Waals surface area contributed by atoms with Crippen molar-refractivity contribution in [2.75, 3.05) is 13.1 Å². The van der Waals surface area contributed by atoms with E-state index in [2.05, 4.69) is 15.9 Å². The molecule has 0 atom stereocenters. The van der Waals surface area contributed by atoms with Gasteiger partial charge in [0.25, 0.3) is 5.91 Å². The molecule has 1 aliphatic rings. The lowest BCUT2D eigenvalue weighted by atomic mass is 10.2. The highest BCUT2D eigenvalue weighted by Gasteiger charge is 2.25. The van der Waals surface area contributed by atoms with Crippen LogP contribution in [0.1, 0.15) is 23.2 Å². The lowest BCUT2D eigenvalue weighted by Crippen LogP contribution is -2.28. The largest absolute Gasteiger partial charge is 0.339 e. The molecule has 0 radical (unpaired) electrons. The molecule has 86 valence electrons. The van der Waals surface area contributed by atoms with Crippen molar-refractivity contribution in [3.8, 4) is 0 Å². The fourth-order valence-electron chi connectivity index (χ4n) is 1.80. The SMILES string of the molecule is O=C(c1c(Cl)ccc(Br)c1F)N1CCCC1. The molecule has 5 heteroatoms. The number of rotatable bonds is 1. The van der Waals surface area contributed by atoms with Crippen molar-refractivity contribution in [1.82, 2.24) is 4.90 Å². The first-order chi connectivity index (χ1) is 7.61. The van der Waals surface area contributed by atoms with Crippen LogP contribution in [0.15, 0.2) is 16.6 Å². The van der Waals surface area contributed by atoms with Gasteiger partial charge in [0.15, 0.2) is 5.82 Å². The Morgan fingerprint density at radius 1 is 1.38 bits per heavy atom. The molecule has 0 bridgehead atoms. The maximum atomic E-state index is 13.8. The van der Waals surface area contributed by atoms with Crippen molar-refractivity contribution in [2.24, 2.45) is 0 Å². The lowest BCUT2D eigenvalue weighted by Gasteiger charge is -2.16. The third kappa shape index (κ3) is 2.09. The van der Waals surface area contributed by atoms with Gasteiger partial charge in [-0.3, -0.25) is 4.79 Å². The summed E-state index contributed by atoms with van der Waals surface area (Å²) in [5.74, 6) is -0.897. The van der Waals surface area contributed by atoms with Gasteiger partial charge in [-0.05, 0) is 40.9 Å². The summed E-state index contributed by atoms with van der Waals surface area (Å²) >= 11 is 8.92. The molecule has 16 heavy (non-hydrogen) atoms. The van der Waals surface area contributed by atoms with Gasteiger partial charge in [-0.25, -0.2) is 4.39 Å². The van der Waals surface area contributed by atoms with E-state index in [-0.39, 0.29) is 21.0 Å². The van der Waals surface area contributed by atoms with Crippen LogP contribution in [0.2, 0.25) is 5.02 Å². The second-order valence-corrected chi connectivity index (χ2v) is 4.98. The summed E-state index contributed by atoms with van der Waals surface area (Å²) in [6, 6.07) is 3.02. The summed E-state index contributed by atoms with van der Waals surface area (Å²) in [6.45, 7) is 1.36. The van der Waals surface area contributed by atoms with Crippen molar-refractivity contribution in [3.05, 3.63) is 33.0 Å². The van der Waals surface area contributed by atoms with Crippen molar-refractivity contribution < 1.29 is 9.18 Å². The van der Waals surface area contributed by atoms with E-state index in [1.165, 1.54) is 12.1 Å². The highest BCUT2D eigenvalue weighted by Crippen LogP contribution is 2.27. The number of carbonyl (C=O) groups excluding carboxylic acids is 1. The van der Waals surface area contributed by atoms with E-state index in [1.54, 1.807) is 4.90 Å². The molecule has 2 rings (SSSR count). The van der Waals surface area contributed by atoms with Crippen LogP contribution in [0, 0.1) is 5.82 Å². The van der Waals surface area contributed by atoms with E-state index in [4.69, 9.17) is 11.6 Å². The van der Waals surface area contributed by atoms with Crippen molar-refractivity contribution in [3.63, 3.8) is 0 Å². The molecule has 1 saturated heterocycles. The molecule has 0 N–H and O–H groups in total. The minimum absolute atomic E-state index is 0.0297. The predicted molar refractivity (Wildman–Crippen MR) is 64.2 cm³/mol. The van der Waals surface area contributed by atoms with Crippen LogP contribution in [0.4, 0.5) is 4.39 Å². The molecule has 0 spiro atoms. The molecule has 1 amide bonds. The third-order valence-electron chi connectivity index (χ3n) is 2.65. The van der Waals surface area contributed by atoms with E-state index in [0.29, 0.717) is 13.1 Å². The van der Waals surface area contributed by atoms with Crippen LogP contribution >= 0.6 is 27.5 Å². The molecular weight excluding hydrogens is 296 g/mol. The van der Waals surface area contributed by atoms with Gasteiger partial charge in [-0.2, -0.15) is 0 Å². The van der Waals surface area contributed by atoms with E-state index in [9.17, 15) is 9.18 Å². The Balaban J connectivity index is 2.39. The first-order valence-corrected chi connectivity index (χ1v) is 6.21. The summed E-state index contributed by atoms with van der Waals surface area (Å²) in [6.07, 6.45) is 1.94. The van der Waals surface area contributed by atoms with E-state index in [1.807, 2.05) is 0 Å². The number of benzene rings is 1. The van der Waals surface area contributed by atoms with Gasteiger partial charge in [-0.15, -0.1) is 0 Å². The monoisotopic (exact) mass is 305 g/mol. The quantitative estimate of drug-likeness (QED) is 0.728. The number of amides is 1. The summed E-state index contributed by atoms with van der Waals surface area (Å²) in [7, 11) is 0. The summed E-state index contributed by atoms with van der Waals surface area (Å²) in [4.78, 5) is 13.7. The third-order valence-corrected chi connectivity index (χ3v) is 3.58. The van der Waals surface area contributed by atoms with Crippen LogP contribution in [-0.4, -0.2) is 23.9 Å². The van der Waals surface area contributed by atoms with Gasteiger partial charge >= 0.3 is 0 Å². The topological polar surface area (TPSA) is 20.3 Å². The Labute approximate surface area is 107 Å². The summed E-state index contributed by atoms with van der Waals surface area (Å²) in [5, 5.41) is 0.164. The second kappa shape index (κ2) is 4.72. The maximum absolute atomic E-state index is 13.8. The first kappa shape index (κ1) is 11.9. The second-order valence-electron chi connectivity index (χ2n) is 3.72. The fraction of sp³-hybridized carbons (Fsp3) is 0.364. The standard InChI is InChI=1S/C11H10BrClFNO/c12-7-3-4-8(13)9(10(7)14)11(16)15-5-1-2-6-15/h3-4H,1-2,5-6H2. The van der Waals surface area contributed by atoms with Gasteiger partial charge < -0.3 is 4.90 Å². The van der Waals surface area contributed by atoms with Gasteiger partial charge in [0, 0.05) is 13.1 Å².